The SMILES string of the molecule is CCCC(C)C(=O)c1cccc(F)c1. The van der Waals surface area contributed by atoms with Gasteiger partial charge in [-0.05, 0) is 18.6 Å². The molecule has 1 atom stereocenters. The van der Waals surface area contributed by atoms with Crippen molar-refractivity contribution in [2.45, 2.75) is 26.7 Å². The number of carbonyl (C=O) groups excluding carboxylic acids is 1. The third kappa shape index (κ3) is 2.66. The molecular weight excluding hydrogens is 179 g/mol. The summed E-state index contributed by atoms with van der Waals surface area (Å²) in [6.07, 6.45) is 1.83. The molecular formula is C12H15FO. The third-order valence-electron chi connectivity index (χ3n) is 2.28. The molecule has 0 aliphatic rings. The second-order valence-electron chi connectivity index (χ2n) is 3.56. The van der Waals surface area contributed by atoms with Crippen molar-refractivity contribution < 1.29 is 9.18 Å². The monoisotopic (exact) mass is 194 g/mol. The van der Waals surface area contributed by atoms with Gasteiger partial charge in [0.2, 0.25) is 0 Å². The Labute approximate surface area is 83.9 Å². The summed E-state index contributed by atoms with van der Waals surface area (Å²) >= 11 is 0. The second-order valence-corrected chi connectivity index (χ2v) is 3.56. The van der Waals surface area contributed by atoms with E-state index in [2.05, 4.69) is 0 Å². The zero-order valence-corrected chi connectivity index (χ0v) is 8.59. The van der Waals surface area contributed by atoms with Crippen molar-refractivity contribution in [1.82, 2.24) is 0 Å². The van der Waals surface area contributed by atoms with Crippen LogP contribution in [-0.2, 0) is 0 Å². The molecule has 1 rings (SSSR count). The Bertz CT molecular complexity index is 320. The summed E-state index contributed by atoms with van der Waals surface area (Å²) in [7, 11) is 0. The predicted octanol–water partition coefficient (Wildman–Crippen LogP) is 3.44. The fraction of sp³-hybridized carbons (Fsp3) is 0.417. The summed E-state index contributed by atoms with van der Waals surface area (Å²) < 4.78 is 12.8. The van der Waals surface area contributed by atoms with Gasteiger partial charge in [-0.3, -0.25) is 4.79 Å². The van der Waals surface area contributed by atoms with Crippen molar-refractivity contribution in [2.24, 2.45) is 5.92 Å². The molecule has 0 N–H and O–H groups in total. The number of carbonyl (C=O) groups is 1. The summed E-state index contributed by atoms with van der Waals surface area (Å²) in [4.78, 5) is 11.7. The van der Waals surface area contributed by atoms with E-state index in [0.717, 1.165) is 12.8 Å². The average Bonchev–Trinajstić information content (AvgIpc) is 2.17. The van der Waals surface area contributed by atoms with Crippen molar-refractivity contribution in [2.75, 3.05) is 0 Å². The lowest BCUT2D eigenvalue weighted by Crippen LogP contribution is -2.11. The summed E-state index contributed by atoms with van der Waals surface area (Å²) in [5, 5.41) is 0. The molecule has 0 saturated heterocycles. The summed E-state index contributed by atoms with van der Waals surface area (Å²) in [6.45, 7) is 3.92. The Kier molecular flexibility index (Phi) is 3.81. The highest BCUT2D eigenvalue weighted by Crippen LogP contribution is 2.14. The highest BCUT2D eigenvalue weighted by atomic mass is 19.1. The predicted molar refractivity (Wildman–Crippen MR) is 54.8 cm³/mol. The van der Waals surface area contributed by atoms with Crippen LogP contribution in [0.25, 0.3) is 0 Å². The van der Waals surface area contributed by atoms with E-state index in [1.54, 1.807) is 12.1 Å². The fourth-order valence-corrected chi connectivity index (χ4v) is 1.49. The molecule has 0 heterocycles. The third-order valence-corrected chi connectivity index (χ3v) is 2.28. The zero-order chi connectivity index (χ0) is 10.6. The fourth-order valence-electron chi connectivity index (χ4n) is 1.49. The molecule has 1 nitrogen and oxygen atoms in total. The molecule has 2 heteroatoms. The maximum Gasteiger partial charge on any atom is 0.165 e. The van der Waals surface area contributed by atoms with Gasteiger partial charge in [-0.2, -0.15) is 0 Å². The normalized spacial score (nSPS) is 12.5. The van der Waals surface area contributed by atoms with Crippen LogP contribution in [0.2, 0.25) is 0 Å². The molecule has 1 unspecified atom stereocenters. The first-order valence-corrected chi connectivity index (χ1v) is 4.95. The quantitative estimate of drug-likeness (QED) is 0.671. The first-order valence-electron chi connectivity index (χ1n) is 4.95. The smallest absolute Gasteiger partial charge is 0.165 e. The summed E-state index contributed by atoms with van der Waals surface area (Å²) in [5.41, 5.74) is 0.478. The Balaban J connectivity index is 2.78. The van der Waals surface area contributed by atoms with Gasteiger partial charge in [0, 0.05) is 11.5 Å². The van der Waals surface area contributed by atoms with Crippen LogP contribution in [0.15, 0.2) is 24.3 Å². The number of hydrogen-bond donors (Lipinski definition) is 0. The lowest BCUT2D eigenvalue weighted by molar-refractivity contribution is 0.0923. The minimum Gasteiger partial charge on any atom is -0.294 e. The van der Waals surface area contributed by atoms with Gasteiger partial charge in [-0.15, -0.1) is 0 Å². The van der Waals surface area contributed by atoms with Crippen LogP contribution in [0.5, 0.6) is 0 Å². The van der Waals surface area contributed by atoms with Crippen molar-refractivity contribution in [3.05, 3.63) is 35.6 Å². The van der Waals surface area contributed by atoms with E-state index in [9.17, 15) is 9.18 Å². The number of rotatable bonds is 4. The van der Waals surface area contributed by atoms with Crippen LogP contribution in [-0.4, -0.2) is 5.78 Å². The largest absolute Gasteiger partial charge is 0.294 e. The first kappa shape index (κ1) is 10.9. The van der Waals surface area contributed by atoms with E-state index < -0.39 is 0 Å². The molecule has 1 aromatic carbocycles. The molecule has 0 spiro atoms. The maximum absolute atomic E-state index is 12.8. The van der Waals surface area contributed by atoms with E-state index in [0.29, 0.717) is 5.56 Å². The van der Waals surface area contributed by atoms with Crippen molar-refractivity contribution in [1.29, 1.82) is 0 Å². The standard InChI is InChI=1S/C12H15FO/c1-3-5-9(2)12(14)10-6-4-7-11(13)8-10/h4,6-9H,3,5H2,1-2H3. The summed E-state index contributed by atoms with van der Waals surface area (Å²) in [6, 6.07) is 5.88. The highest BCUT2D eigenvalue weighted by molar-refractivity contribution is 5.97. The van der Waals surface area contributed by atoms with Crippen LogP contribution in [0.4, 0.5) is 4.39 Å². The number of hydrogen-bond acceptors (Lipinski definition) is 1. The van der Waals surface area contributed by atoms with E-state index in [1.807, 2.05) is 13.8 Å². The lowest BCUT2D eigenvalue weighted by Gasteiger charge is -2.08. The van der Waals surface area contributed by atoms with Gasteiger partial charge in [0.1, 0.15) is 5.82 Å². The molecule has 0 aliphatic carbocycles. The van der Waals surface area contributed by atoms with Gasteiger partial charge in [0.05, 0.1) is 0 Å². The highest BCUT2D eigenvalue weighted by Gasteiger charge is 2.14. The second kappa shape index (κ2) is 4.89. The Morgan fingerprint density at radius 1 is 1.50 bits per heavy atom. The Hall–Kier alpha value is -1.18. The van der Waals surface area contributed by atoms with Crippen LogP contribution < -0.4 is 0 Å². The Morgan fingerprint density at radius 2 is 2.21 bits per heavy atom. The lowest BCUT2D eigenvalue weighted by atomic mass is 9.95. The molecule has 0 aliphatic heterocycles. The Morgan fingerprint density at radius 3 is 2.79 bits per heavy atom. The molecule has 76 valence electrons. The molecule has 1 aromatic rings. The topological polar surface area (TPSA) is 17.1 Å². The maximum atomic E-state index is 12.8. The van der Waals surface area contributed by atoms with E-state index in [4.69, 9.17) is 0 Å². The number of ketones is 1. The van der Waals surface area contributed by atoms with Gasteiger partial charge in [-0.25, -0.2) is 4.39 Å². The molecule has 0 amide bonds. The van der Waals surface area contributed by atoms with Crippen LogP contribution in [0, 0.1) is 11.7 Å². The van der Waals surface area contributed by atoms with Crippen LogP contribution in [0.1, 0.15) is 37.0 Å². The summed E-state index contributed by atoms with van der Waals surface area (Å²) in [5.74, 6) is -0.326. The molecule has 0 radical (unpaired) electrons. The van der Waals surface area contributed by atoms with Crippen LogP contribution in [0.3, 0.4) is 0 Å². The van der Waals surface area contributed by atoms with E-state index >= 15 is 0 Å². The van der Waals surface area contributed by atoms with Gasteiger partial charge >= 0.3 is 0 Å². The molecule has 0 bridgehead atoms. The number of benzene rings is 1. The zero-order valence-electron chi connectivity index (χ0n) is 8.59. The van der Waals surface area contributed by atoms with Crippen LogP contribution >= 0.6 is 0 Å². The van der Waals surface area contributed by atoms with E-state index in [1.165, 1.54) is 12.1 Å². The first-order chi connectivity index (χ1) is 6.65. The van der Waals surface area contributed by atoms with E-state index in [-0.39, 0.29) is 17.5 Å². The van der Waals surface area contributed by atoms with Crippen molar-refractivity contribution in [3.63, 3.8) is 0 Å². The molecule has 0 saturated carbocycles. The minimum atomic E-state index is -0.348. The molecule has 0 fully saturated rings. The number of halogens is 1. The van der Waals surface area contributed by atoms with Gasteiger partial charge in [0.25, 0.3) is 0 Å². The van der Waals surface area contributed by atoms with Gasteiger partial charge in [0.15, 0.2) is 5.78 Å². The molecule has 14 heavy (non-hydrogen) atoms. The minimum absolute atomic E-state index is 0.0122. The van der Waals surface area contributed by atoms with Gasteiger partial charge < -0.3 is 0 Å². The van der Waals surface area contributed by atoms with Crippen molar-refractivity contribution in [3.8, 4) is 0 Å². The van der Waals surface area contributed by atoms with Gasteiger partial charge in [-0.1, -0.05) is 32.4 Å². The van der Waals surface area contributed by atoms with Crippen molar-refractivity contribution >= 4 is 5.78 Å². The molecule has 0 aromatic heterocycles. The average molecular weight is 194 g/mol. The number of Topliss-reactive ketones (excluding diaryl/α,β-unsaturated/α-hetero) is 1.